The molecule has 2 aromatic carbocycles. The van der Waals surface area contributed by atoms with E-state index in [2.05, 4.69) is 21.7 Å². The molecule has 1 heterocycles. The summed E-state index contributed by atoms with van der Waals surface area (Å²) >= 11 is 0. The second kappa shape index (κ2) is 13.2. The molecule has 2 N–H and O–H groups in total. The van der Waals surface area contributed by atoms with E-state index in [-0.39, 0.29) is 47.6 Å². The molecule has 1 amide bonds. The summed E-state index contributed by atoms with van der Waals surface area (Å²) in [6.07, 6.45) is 1.36. The number of nitrogens with one attached hydrogen (secondary N) is 2. The van der Waals surface area contributed by atoms with Crippen molar-refractivity contribution in [3.8, 4) is 5.75 Å². The average Bonchev–Trinajstić information content (AvgIpc) is 3.16. The Labute approximate surface area is 206 Å². The van der Waals surface area contributed by atoms with Crippen LogP contribution < -0.4 is 15.4 Å². The van der Waals surface area contributed by atoms with E-state index in [4.69, 9.17) is 4.74 Å². The van der Waals surface area contributed by atoms with Crippen molar-refractivity contribution in [3.05, 3.63) is 65.5 Å². The number of halogens is 2. The Bertz CT molecular complexity index is 909. The fraction of sp³-hybridized carbons (Fsp3) is 0.417. The number of carbonyl (C=O) groups is 1. The van der Waals surface area contributed by atoms with E-state index in [1.807, 2.05) is 36.9 Å². The second-order valence-electron chi connectivity index (χ2n) is 7.67. The number of hydrogen-bond acceptors (Lipinski definition) is 3. The molecule has 0 saturated carbocycles. The van der Waals surface area contributed by atoms with Gasteiger partial charge in [-0.3, -0.25) is 4.79 Å². The molecule has 1 aliphatic heterocycles. The topological polar surface area (TPSA) is 66.0 Å². The Morgan fingerprint density at radius 1 is 1.19 bits per heavy atom. The van der Waals surface area contributed by atoms with Gasteiger partial charge >= 0.3 is 0 Å². The molecule has 0 spiro atoms. The van der Waals surface area contributed by atoms with Crippen molar-refractivity contribution in [2.75, 3.05) is 19.6 Å². The third-order valence-corrected chi connectivity index (χ3v) is 5.02. The Hall–Kier alpha value is -2.36. The van der Waals surface area contributed by atoms with Crippen molar-refractivity contribution in [2.24, 2.45) is 4.99 Å². The first-order valence-corrected chi connectivity index (χ1v) is 10.8. The maximum atomic E-state index is 13.8. The van der Waals surface area contributed by atoms with Gasteiger partial charge in [-0.25, -0.2) is 9.38 Å². The van der Waals surface area contributed by atoms with Crippen LogP contribution in [0.1, 0.15) is 37.8 Å². The highest BCUT2D eigenvalue weighted by Gasteiger charge is 2.19. The molecule has 2 aromatic rings. The lowest BCUT2D eigenvalue weighted by atomic mass is 10.1. The molecule has 3 rings (SSSR count). The quantitative estimate of drug-likeness (QED) is 0.279. The summed E-state index contributed by atoms with van der Waals surface area (Å²) < 4.78 is 19.4. The SMILES string of the molecule is CCNC(=NCc1cccc(CN2CCCC2=O)c1)NCC(C)Oc1ccccc1F.I. The normalized spacial score (nSPS) is 14.7. The van der Waals surface area contributed by atoms with Gasteiger partial charge in [0, 0.05) is 26.1 Å². The number of carbonyl (C=O) groups excluding carboxylic acids is 1. The smallest absolute Gasteiger partial charge is 0.222 e. The molecular weight excluding hydrogens is 522 g/mol. The highest BCUT2D eigenvalue weighted by atomic mass is 127. The molecule has 174 valence electrons. The highest BCUT2D eigenvalue weighted by molar-refractivity contribution is 14.0. The minimum absolute atomic E-state index is 0. The maximum Gasteiger partial charge on any atom is 0.222 e. The molecule has 1 atom stereocenters. The first-order chi connectivity index (χ1) is 15.0. The highest BCUT2D eigenvalue weighted by Crippen LogP contribution is 2.17. The lowest BCUT2D eigenvalue weighted by Crippen LogP contribution is -2.41. The minimum atomic E-state index is -0.370. The lowest BCUT2D eigenvalue weighted by molar-refractivity contribution is -0.128. The molecule has 0 aromatic heterocycles. The van der Waals surface area contributed by atoms with Crippen molar-refractivity contribution in [2.45, 2.75) is 45.9 Å². The number of likely N-dealkylation sites (tertiary alicyclic amines) is 1. The fourth-order valence-electron chi connectivity index (χ4n) is 3.47. The fourth-order valence-corrected chi connectivity index (χ4v) is 3.47. The van der Waals surface area contributed by atoms with Gasteiger partial charge in [0.15, 0.2) is 17.5 Å². The van der Waals surface area contributed by atoms with Gasteiger partial charge in [0.25, 0.3) is 0 Å². The van der Waals surface area contributed by atoms with Crippen molar-refractivity contribution in [3.63, 3.8) is 0 Å². The van der Waals surface area contributed by atoms with Crippen LogP contribution in [0.3, 0.4) is 0 Å². The zero-order valence-corrected chi connectivity index (χ0v) is 21.0. The van der Waals surface area contributed by atoms with Crippen molar-refractivity contribution >= 4 is 35.8 Å². The first-order valence-electron chi connectivity index (χ1n) is 10.8. The van der Waals surface area contributed by atoms with Crippen LogP contribution in [-0.4, -0.2) is 42.5 Å². The number of amides is 1. The lowest BCUT2D eigenvalue weighted by Gasteiger charge is -2.18. The summed E-state index contributed by atoms with van der Waals surface area (Å²) in [6, 6.07) is 14.6. The number of para-hydroxylation sites is 1. The van der Waals surface area contributed by atoms with Gasteiger partial charge in [0.1, 0.15) is 6.10 Å². The van der Waals surface area contributed by atoms with Gasteiger partial charge in [-0.2, -0.15) is 0 Å². The van der Waals surface area contributed by atoms with E-state index in [0.29, 0.717) is 32.0 Å². The number of benzene rings is 2. The molecule has 0 radical (unpaired) electrons. The molecule has 0 bridgehead atoms. The zero-order chi connectivity index (χ0) is 22.1. The van der Waals surface area contributed by atoms with Crippen molar-refractivity contribution < 1.29 is 13.9 Å². The third-order valence-electron chi connectivity index (χ3n) is 5.02. The summed E-state index contributed by atoms with van der Waals surface area (Å²) in [5.41, 5.74) is 2.20. The number of aliphatic imine (C=N–C) groups is 1. The zero-order valence-electron chi connectivity index (χ0n) is 18.6. The molecule has 6 nitrogen and oxygen atoms in total. The van der Waals surface area contributed by atoms with E-state index in [1.165, 1.54) is 6.07 Å². The van der Waals surface area contributed by atoms with Crippen LogP contribution in [0.25, 0.3) is 0 Å². The van der Waals surface area contributed by atoms with Crippen LogP contribution in [0.2, 0.25) is 0 Å². The number of nitrogens with zero attached hydrogens (tertiary/aromatic N) is 2. The Morgan fingerprint density at radius 2 is 1.97 bits per heavy atom. The summed E-state index contributed by atoms with van der Waals surface area (Å²) in [5, 5.41) is 6.47. The van der Waals surface area contributed by atoms with Crippen molar-refractivity contribution in [1.82, 2.24) is 15.5 Å². The van der Waals surface area contributed by atoms with Gasteiger partial charge < -0.3 is 20.3 Å². The average molecular weight is 554 g/mol. The summed E-state index contributed by atoms with van der Waals surface area (Å²) in [6.45, 7) is 7.10. The largest absolute Gasteiger partial charge is 0.486 e. The number of rotatable bonds is 9. The first kappa shape index (κ1) is 25.9. The maximum absolute atomic E-state index is 13.8. The molecule has 1 saturated heterocycles. The molecule has 1 aliphatic rings. The number of guanidine groups is 1. The van der Waals surface area contributed by atoms with Gasteiger partial charge in [-0.05, 0) is 43.5 Å². The number of hydrogen-bond donors (Lipinski definition) is 2. The van der Waals surface area contributed by atoms with E-state index < -0.39 is 0 Å². The van der Waals surface area contributed by atoms with E-state index >= 15 is 0 Å². The van der Waals surface area contributed by atoms with E-state index in [9.17, 15) is 9.18 Å². The summed E-state index contributed by atoms with van der Waals surface area (Å²) in [4.78, 5) is 18.4. The van der Waals surface area contributed by atoms with E-state index in [1.54, 1.807) is 18.2 Å². The van der Waals surface area contributed by atoms with Gasteiger partial charge in [0.05, 0.1) is 13.1 Å². The minimum Gasteiger partial charge on any atom is -0.486 e. The van der Waals surface area contributed by atoms with Crippen LogP contribution in [0.5, 0.6) is 5.75 Å². The van der Waals surface area contributed by atoms with Crippen LogP contribution >= 0.6 is 24.0 Å². The molecule has 0 aliphatic carbocycles. The molecule has 8 heteroatoms. The Kier molecular flexibility index (Phi) is 10.7. The molecule has 1 fully saturated rings. The molecular formula is C24H32FIN4O2. The summed E-state index contributed by atoms with van der Waals surface area (Å²) in [5.74, 6) is 0.776. The standard InChI is InChI=1S/C24H31FN4O2.HI/c1-3-26-24(27-15-18(2)31-22-11-5-4-10-21(22)25)28-16-19-8-6-9-20(14-19)17-29-13-7-12-23(29)30;/h4-6,8-11,14,18H,3,7,12-13,15-17H2,1-2H3,(H2,26,27,28);1H. The predicted molar refractivity (Wildman–Crippen MR) is 136 cm³/mol. The predicted octanol–water partition coefficient (Wildman–Crippen LogP) is 4.09. The summed E-state index contributed by atoms with van der Waals surface area (Å²) in [7, 11) is 0. The monoisotopic (exact) mass is 554 g/mol. The molecule has 1 unspecified atom stereocenters. The second-order valence-corrected chi connectivity index (χ2v) is 7.67. The molecule has 32 heavy (non-hydrogen) atoms. The Balaban J connectivity index is 0.00000363. The van der Waals surface area contributed by atoms with Crippen LogP contribution in [-0.2, 0) is 17.9 Å². The van der Waals surface area contributed by atoms with Crippen LogP contribution in [0.15, 0.2) is 53.5 Å². The van der Waals surface area contributed by atoms with Gasteiger partial charge in [-0.15, -0.1) is 24.0 Å². The number of ether oxygens (including phenoxy) is 1. The Morgan fingerprint density at radius 3 is 2.69 bits per heavy atom. The van der Waals surface area contributed by atoms with Crippen LogP contribution in [0, 0.1) is 5.82 Å². The third kappa shape index (κ3) is 7.96. The van der Waals surface area contributed by atoms with E-state index in [0.717, 1.165) is 30.6 Å². The van der Waals surface area contributed by atoms with Crippen molar-refractivity contribution in [1.29, 1.82) is 0 Å². The van der Waals surface area contributed by atoms with Crippen LogP contribution in [0.4, 0.5) is 4.39 Å². The van der Waals surface area contributed by atoms with Gasteiger partial charge in [0.2, 0.25) is 5.91 Å². The van der Waals surface area contributed by atoms with Gasteiger partial charge in [-0.1, -0.05) is 36.4 Å².